The van der Waals surface area contributed by atoms with Crippen LogP contribution in [-0.4, -0.2) is 16.0 Å². The van der Waals surface area contributed by atoms with E-state index in [2.05, 4.69) is 0 Å². The van der Waals surface area contributed by atoms with Crippen LogP contribution in [-0.2, 0) is 0 Å². The molecule has 15 heavy (non-hydrogen) atoms. The van der Waals surface area contributed by atoms with E-state index in [1.165, 1.54) is 38.5 Å². The molecule has 2 fully saturated rings. The Hall–Kier alpha value is -0.0800. The number of aliphatic hydroxyl groups is 2. The lowest BCUT2D eigenvalue weighted by molar-refractivity contribution is -0.186. The summed E-state index contributed by atoms with van der Waals surface area (Å²) in [4.78, 5) is 0. The predicted molar refractivity (Wildman–Crippen MR) is 60.3 cm³/mol. The zero-order valence-electron chi connectivity index (χ0n) is 9.62. The predicted octanol–water partition coefficient (Wildman–Crippen LogP) is 2.83. The largest absolute Gasteiger partial charge is 0.366 e. The molecule has 0 bridgehead atoms. The highest BCUT2D eigenvalue weighted by Gasteiger charge is 2.31. The average molecular weight is 212 g/mol. The molecule has 0 saturated heterocycles. The maximum atomic E-state index is 9.45. The molecule has 2 saturated carbocycles. The van der Waals surface area contributed by atoms with Gasteiger partial charge < -0.3 is 10.2 Å². The molecule has 0 aromatic carbocycles. The van der Waals surface area contributed by atoms with E-state index in [1.54, 1.807) is 0 Å². The Morgan fingerprint density at radius 3 is 1.93 bits per heavy atom. The summed E-state index contributed by atoms with van der Waals surface area (Å²) in [5.41, 5.74) is 0. The Morgan fingerprint density at radius 1 is 0.800 bits per heavy atom. The fraction of sp³-hybridized carbons (Fsp3) is 1.00. The van der Waals surface area contributed by atoms with Gasteiger partial charge in [0.1, 0.15) is 0 Å². The van der Waals surface area contributed by atoms with Crippen LogP contribution in [0, 0.1) is 11.8 Å². The van der Waals surface area contributed by atoms with Crippen molar-refractivity contribution in [2.45, 2.75) is 70.0 Å². The number of rotatable bonds is 2. The molecular formula is C13H24O2. The first kappa shape index (κ1) is 11.4. The van der Waals surface area contributed by atoms with Gasteiger partial charge in [0.05, 0.1) is 0 Å². The van der Waals surface area contributed by atoms with Crippen LogP contribution >= 0.6 is 0 Å². The van der Waals surface area contributed by atoms with E-state index in [9.17, 15) is 10.2 Å². The van der Waals surface area contributed by atoms with Crippen LogP contribution in [0.4, 0.5) is 0 Å². The number of hydrogen-bond acceptors (Lipinski definition) is 2. The van der Waals surface area contributed by atoms with E-state index in [0.29, 0.717) is 12.8 Å². The highest BCUT2D eigenvalue weighted by molar-refractivity contribution is 4.79. The smallest absolute Gasteiger partial charge is 0.162 e. The first-order chi connectivity index (χ1) is 7.16. The summed E-state index contributed by atoms with van der Waals surface area (Å²) in [5, 5.41) is 18.9. The lowest BCUT2D eigenvalue weighted by atomic mass is 9.76. The van der Waals surface area contributed by atoms with Gasteiger partial charge in [-0.3, -0.25) is 0 Å². The molecule has 0 aromatic rings. The third-order valence-corrected chi connectivity index (χ3v) is 4.30. The minimum Gasteiger partial charge on any atom is -0.366 e. The quantitative estimate of drug-likeness (QED) is 0.691. The Kier molecular flexibility index (Phi) is 3.68. The van der Waals surface area contributed by atoms with E-state index < -0.39 is 5.79 Å². The van der Waals surface area contributed by atoms with E-state index >= 15 is 0 Å². The Bertz CT molecular complexity index is 185. The van der Waals surface area contributed by atoms with Gasteiger partial charge in [0.25, 0.3) is 0 Å². The second kappa shape index (κ2) is 4.84. The van der Waals surface area contributed by atoms with Gasteiger partial charge >= 0.3 is 0 Å². The van der Waals surface area contributed by atoms with Crippen LogP contribution in [0.15, 0.2) is 0 Å². The van der Waals surface area contributed by atoms with Crippen molar-refractivity contribution in [3.05, 3.63) is 0 Å². The zero-order valence-corrected chi connectivity index (χ0v) is 9.62. The van der Waals surface area contributed by atoms with Gasteiger partial charge in [-0.05, 0) is 31.1 Å². The van der Waals surface area contributed by atoms with Gasteiger partial charge in [-0.25, -0.2) is 0 Å². The first-order valence-corrected chi connectivity index (χ1v) is 6.60. The monoisotopic (exact) mass is 212 g/mol. The van der Waals surface area contributed by atoms with E-state index in [4.69, 9.17) is 0 Å². The molecule has 2 aliphatic rings. The average Bonchev–Trinajstić information content (AvgIpc) is 2.23. The van der Waals surface area contributed by atoms with Crippen molar-refractivity contribution in [2.75, 3.05) is 0 Å². The van der Waals surface area contributed by atoms with Gasteiger partial charge in [0, 0.05) is 12.8 Å². The zero-order chi connectivity index (χ0) is 10.7. The fourth-order valence-corrected chi connectivity index (χ4v) is 3.27. The molecule has 88 valence electrons. The molecule has 0 aliphatic heterocycles. The van der Waals surface area contributed by atoms with Crippen molar-refractivity contribution in [2.24, 2.45) is 11.8 Å². The Balaban J connectivity index is 1.71. The third-order valence-electron chi connectivity index (χ3n) is 4.30. The van der Waals surface area contributed by atoms with Crippen LogP contribution < -0.4 is 0 Å². The van der Waals surface area contributed by atoms with Crippen molar-refractivity contribution in [1.82, 2.24) is 0 Å². The fourth-order valence-electron chi connectivity index (χ4n) is 3.27. The van der Waals surface area contributed by atoms with Crippen molar-refractivity contribution < 1.29 is 10.2 Å². The molecule has 0 aromatic heterocycles. The summed E-state index contributed by atoms with van der Waals surface area (Å²) >= 11 is 0. The second-order valence-electron chi connectivity index (χ2n) is 5.67. The lowest BCUT2D eigenvalue weighted by Gasteiger charge is -2.34. The van der Waals surface area contributed by atoms with Crippen LogP contribution in [0.2, 0.25) is 0 Å². The lowest BCUT2D eigenvalue weighted by Crippen LogP contribution is -2.34. The van der Waals surface area contributed by atoms with Gasteiger partial charge in [0.2, 0.25) is 0 Å². The molecular weight excluding hydrogens is 188 g/mol. The minimum absolute atomic E-state index is 0.588. The summed E-state index contributed by atoms with van der Waals surface area (Å²) in [5.74, 6) is 0.359. The molecule has 0 heterocycles. The van der Waals surface area contributed by atoms with Crippen LogP contribution in [0.3, 0.4) is 0 Å². The third kappa shape index (κ3) is 3.46. The summed E-state index contributed by atoms with van der Waals surface area (Å²) < 4.78 is 0. The van der Waals surface area contributed by atoms with E-state index in [1.807, 2.05) is 0 Å². The minimum atomic E-state index is -1.34. The Labute approximate surface area is 92.7 Å². The summed E-state index contributed by atoms with van der Waals surface area (Å²) in [6.07, 6.45) is 11.7. The molecule has 2 heteroatoms. The topological polar surface area (TPSA) is 40.5 Å². The summed E-state index contributed by atoms with van der Waals surface area (Å²) in [6.45, 7) is 0. The van der Waals surface area contributed by atoms with Crippen LogP contribution in [0.5, 0.6) is 0 Å². The molecule has 0 amide bonds. The van der Waals surface area contributed by atoms with E-state index in [0.717, 1.165) is 24.7 Å². The van der Waals surface area contributed by atoms with Gasteiger partial charge in [-0.15, -0.1) is 0 Å². The first-order valence-electron chi connectivity index (χ1n) is 6.60. The molecule has 0 atom stereocenters. The molecule has 0 spiro atoms. The van der Waals surface area contributed by atoms with Crippen molar-refractivity contribution in [3.63, 3.8) is 0 Å². The molecule has 0 unspecified atom stereocenters. The van der Waals surface area contributed by atoms with Gasteiger partial charge in [-0.2, -0.15) is 0 Å². The van der Waals surface area contributed by atoms with Crippen molar-refractivity contribution in [1.29, 1.82) is 0 Å². The van der Waals surface area contributed by atoms with Crippen LogP contribution in [0.25, 0.3) is 0 Å². The van der Waals surface area contributed by atoms with Crippen LogP contribution in [0.1, 0.15) is 64.2 Å². The summed E-state index contributed by atoms with van der Waals surface area (Å²) in [7, 11) is 0. The van der Waals surface area contributed by atoms with E-state index in [-0.39, 0.29) is 0 Å². The second-order valence-corrected chi connectivity index (χ2v) is 5.67. The molecule has 2 aliphatic carbocycles. The number of hydrogen-bond donors (Lipinski definition) is 2. The molecule has 0 radical (unpaired) electrons. The van der Waals surface area contributed by atoms with Gasteiger partial charge in [0.15, 0.2) is 5.79 Å². The molecule has 2 N–H and O–H groups in total. The van der Waals surface area contributed by atoms with Crippen molar-refractivity contribution >= 4 is 0 Å². The molecule has 2 rings (SSSR count). The molecule has 2 nitrogen and oxygen atoms in total. The summed E-state index contributed by atoms with van der Waals surface area (Å²) in [6, 6.07) is 0. The highest BCUT2D eigenvalue weighted by atomic mass is 16.5. The Morgan fingerprint density at radius 2 is 1.33 bits per heavy atom. The van der Waals surface area contributed by atoms with Gasteiger partial charge in [-0.1, -0.05) is 32.1 Å². The maximum Gasteiger partial charge on any atom is 0.162 e. The standard InChI is InChI=1S/C13H24O2/c14-13(15)8-6-12(7-9-13)10-11-4-2-1-3-5-11/h11-12,14-15H,1-10H2. The normalized spacial score (nSPS) is 29.2. The van der Waals surface area contributed by atoms with Crippen molar-refractivity contribution in [3.8, 4) is 0 Å². The SMILES string of the molecule is OC1(O)CCC(CC2CCCCC2)CC1. The highest BCUT2D eigenvalue weighted by Crippen LogP contribution is 2.37. The maximum absolute atomic E-state index is 9.45.